The molecule has 23 heavy (non-hydrogen) atoms. The molecule has 0 aliphatic heterocycles. The Morgan fingerprint density at radius 1 is 1.26 bits per heavy atom. The standard InChI is InChI=1S/C17H19N5O/c1-11-5-4-6-14(9-11)19-16(23)8-7-15-12(2)17-20-18-10-22(17)21-13(15)3/h4-6,9-10H,7-8H2,1-3H3,(H,19,23). The maximum atomic E-state index is 12.2. The molecule has 3 aromatic rings. The Kier molecular flexibility index (Phi) is 4.06. The topological polar surface area (TPSA) is 72.2 Å². The second-order valence-electron chi connectivity index (χ2n) is 5.71. The van der Waals surface area contributed by atoms with Crippen LogP contribution in [0.3, 0.4) is 0 Å². The number of nitrogens with one attached hydrogen (secondary N) is 1. The van der Waals surface area contributed by atoms with Crippen LogP contribution >= 0.6 is 0 Å². The summed E-state index contributed by atoms with van der Waals surface area (Å²) in [6.45, 7) is 5.94. The van der Waals surface area contributed by atoms with E-state index in [1.54, 1.807) is 10.8 Å². The Labute approximate surface area is 134 Å². The number of carbonyl (C=O) groups excluding carboxylic acids is 1. The lowest BCUT2D eigenvalue weighted by atomic mass is 10.0. The molecule has 0 spiro atoms. The van der Waals surface area contributed by atoms with Gasteiger partial charge < -0.3 is 5.32 Å². The van der Waals surface area contributed by atoms with Crippen LogP contribution in [0.2, 0.25) is 0 Å². The molecule has 6 heteroatoms. The molecule has 0 bridgehead atoms. The number of aromatic nitrogens is 4. The number of hydrogen-bond acceptors (Lipinski definition) is 4. The molecule has 118 valence electrons. The summed E-state index contributed by atoms with van der Waals surface area (Å²) in [6.07, 6.45) is 2.62. The number of hydrogen-bond donors (Lipinski definition) is 1. The number of rotatable bonds is 4. The lowest BCUT2D eigenvalue weighted by Crippen LogP contribution is -2.14. The summed E-state index contributed by atoms with van der Waals surface area (Å²) in [5, 5.41) is 15.3. The van der Waals surface area contributed by atoms with Gasteiger partial charge in [-0.1, -0.05) is 12.1 Å². The van der Waals surface area contributed by atoms with Gasteiger partial charge in [-0.15, -0.1) is 10.2 Å². The van der Waals surface area contributed by atoms with Crippen LogP contribution in [0, 0.1) is 20.8 Å². The van der Waals surface area contributed by atoms with E-state index >= 15 is 0 Å². The Balaban J connectivity index is 1.72. The lowest BCUT2D eigenvalue weighted by molar-refractivity contribution is -0.116. The highest BCUT2D eigenvalue weighted by molar-refractivity contribution is 5.90. The highest BCUT2D eigenvalue weighted by Gasteiger charge is 2.12. The molecule has 1 amide bonds. The zero-order valence-corrected chi connectivity index (χ0v) is 13.5. The van der Waals surface area contributed by atoms with Crippen molar-refractivity contribution in [1.29, 1.82) is 0 Å². The molecule has 0 unspecified atom stereocenters. The number of aryl methyl sites for hydroxylation is 3. The van der Waals surface area contributed by atoms with Crippen molar-refractivity contribution < 1.29 is 4.79 Å². The molecule has 0 saturated carbocycles. The van der Waals surface area contributed by atoms with Gasteiger partial charge in [0.05, 0.1) is 5.69 Å². The predicted octanol–water partition coefficient (Wildman–Crippen LogP) is 2.62. The third-order valence-electron chi connectivity index (χ3n) is 3.92. The lowest BCUT2D eigenvalue weighted by Gasteiger charge is -2.10. The Hall–Kier alpha value is -2.76. The van der Waals surface area contributed by atoms with Gasteiger partial charge >= 0.3 is 0 Å². The zero-order valence-electron chi connectivity index (χ0n) is 13.5. The van der Waals surface area contributed by atoms with E-state index in [0.29, 0.717) is 12.8 Å². The number of nitrogens with zero attached hydrogens (tertiary/aromatic N) is 4. The van der Waals surface area contributed by atoms with E-state index in [9.17, 15) is 4.79 Å². The van der Waals surface area contributed by atoms with Crippen LogP contribution in [0.4, 0.5) is 5.69 Å². The first-order valence-corrected chi connectivity index (χ1v) is 7.57. The quantitative estimate of drug-likeness (QED) is 0.804. The van der Waals surface area contributed by atoms with Gasteiger partial charge in [0.2, 0.25) is 5.91 Å². The Morgan fingerprint density at radius 2 is 2.09 bits per heavy atom. The van der Waals surface area contributed by atoms with Crippen molar-refractivity contribution >= 4 is 17.2 Å². The molecule has 0 fully saturated rings. The van der Waals surface area contributed by atoms with Gasteiger partial charge in [0.25, 0.3) is 0 Å². The van der Waals surface area contributed by atoms with Crippen molar-refractivity contribution in [2.45, 2.75) is 33.6 Å². The molecule has 0 saturated heterocycles. The van der Waals surface area contributed by atoms with Crippen LogP contribution < -0.4 is 5.32 Å². The molecule has 0 aliphatic carbocycles. The summed E-state index contributed by atoms with van der Waals surface area (Å²) in [4.78, 5) is 12.2. The van der Waals surface area contributed by atoms with Crippen molar-refractivity contribution in [3.05, 3.63) is 53.0 Å². The number of fused-ring (bicyclic) bond motifs is 1. The van der Waals surface area contributed by atoms with Crippen LogP contribution in [0.15, 0.2) is 30.6 Å². The van der Waals surface area contributed by atoms with E-state index in [4.69, 9.17) is 0 Å². The number of anilines is 1. The van der Waals surface area contributed by atoms with Gasteiger partial charge in [-0.05, 0) is 50.5 Å². The average molecular weight is 309 g/mol. The predicted molar refractivity (Wildman–Crippen MR) is 88.4 cm³/mol. The first-order chi connectivity index (χ1) is 11.0. The third kappa shape index (κ3) is 3.21. The maximum Gasteiger partial charge on any atom is 0.224 e. The summed E-state index contributed by atoms with van der Waals surface area (Å²) in [6, 6.07) is 7.79. The second kappa shape index (κ2) is 6.16. The fourth-order valence-corrected chi connectivity index (χ4v) is 2.73. The molecule has 1 aromatic carbocycles. The summed E-state index contributed by atoms with van der Waals surface area (Å²) < 4.78 is 1.67. The summed E-state index contributed by atoms with van der Waals surface area (Å²) in [7, 11) is 0. The molecule has 0 atom stereocenters. The Morgan fingerprint density at radius 3 is 2.87 bits per heavy atom. The fourth-order valence-electron chi connectivity index (χ4n) is 2.73. The molecule has 0 radical (unpaired) electrons. The van der Waals surface area contributed by atoms with E-state index in [0.717, 1.165) is 33.7 Å². The molecule has 2 aromatic heterocycles. The van der Waals surface area contributed by atoms with Gasteiger partial charge in [-0.3, -0.25) is 4.79 Å². The van der Waals surface area contributed by atoms with Crippen LogP contribution in [-0.4, -0.2) is 25.7 Å². The minimum atomic E-state index is -0.00394. The highest BCUT2D eigenvalue weighted by atomic mass is 16.1. The summed E-state index contributed by atoms with van der Waals surface area (Å²) in [5.41, 5.74) is 5.68. The van der Waals surface area contributed by atoms with Crippen molar-refractivity contribution in [3.63, 3.8) is 0 Å². The largest absolute Gasteiger partial charge is 0.326 e. The molecule has 3 rings (SSSR count). The van der Waals surface area contributed by atoms with Gasteiger partial charge in [-0.25, -0.2) is 4.52 Å². The monoisotopic (exact) mass is 309 g/mol. The van der Waals surface area contributed by atoms with Crippen molar-refractivity contribution in [1.82, 2.24) is 19.8 Å². The molecule has 2 heterocycles. The van der Waals surface area contributed by atoms with Gasteiger partial charge in [0.15, 0.2) is 5.65 Å². The average Bonchev–Trinajstić information content (AvgIpc) is 2.95. The van der Waals surface area contributed by atoms with E-state index in [1.807, 2.05) is 45.0 Å². The van der Waals surface area contributed by atoms with Crippen LogP contribution in [0.5, 0.6) is 0 Å². The minimum Gasteiger partial charge on any atom is -0.326 e. The maximum absolute atomic E-state index is 12.2. The zero-order chi connectivity index (χ0) is 16.4. The van der Waals surface area contributed by atoms with Crippen LogP contribution in [0.1, 0.15) is 28.8 Å². The first kappa shape index (κ1) is 15.1. The number of amides is 1. The molecule has 0 aliphatic rings. The van der Waals surface area contributed by atoms with Crippen molar-refractivity contribution in [2.75, 3.05) is 5.32 Å². The summed E-state index contributed by atoms with van der Waals surface area (Å²) >= 11 is 0. The SMILES string of the molecule is Cc1cccc(NC(=O)CCc2c(C)nn3cnnc3c2C)c1. The van der Waals surface area contributed by atoms with Crippen molar-refractivity contribution in [3.8, 4) is 0 Å². The van der Waals surface area contributed by atoms with Gasteiger partial charge in [0, 0.05) is 17.7 Å². The minimum absolute atomic E-state index is 0.00394. The smallest absolute Gasteiger partial charge is 0.224 e. The number of carbonyl (C=O) groups is 1. The molecular weight excluding hydrogens is 290 g/mol. The van der Waals surface area contributed by atoms with E-state index < -0.39 is 0 Å². The van der Waals surface area contributed by atoms with Crippen LogP contribution in [-0.2, 0) is 11.2 Å². The van der Waals surface area contributed by atoms with Crippen molar-refractivity contribution in [2.24, 2.45) is 0 Å². The van der Waals surface area contributed by atoms with Crippen LogP contribution in [0.25, 0.3) is 5.65 Å². The van der Waals surface area contributed by atoms with Gasteiger partial charge in [-0.2, -0.15) is 5.10 Å². The molecular formula is C17H19N5O. The highest BCUT2D eigenvalue weighted by Crippen LogP contribution is 2.18. The number of benzene rings is 1. The molecule has 6 nitrogen and oxygen atoms in total. The molecule has 1 N–H and O–H groups in total. The van der Waals surface area contributed by atoms with E-state index in [-0.39, 0.29) is 5.91 Å². The first-order valence-electron chi connectivity index (χ1n) is 7.57. The van der Waals surface area contributed by atoms with E-state index in [2.05, 4.69) is 20.6 Å². The normalized spacial score (nSPS) is 10.9. The fraction of sp³-hybridized carbons (Fsp3) is 0.294. The second-order valence-corrected chi connectivity index (χ2v) is 5.71. The van der Waals surface area contributed by atoms with E-state index in [1.165, 1.54) is 0 Å². The Bertz CT molecular complexity index is 869. The van der Waals surface area contributed by atoms with Gasteiger partial charge in [0.1, 0.15) is 6.33 Å². The summed E-state index contributed by atoms with van der Waals surface area (Å²) in [5.74, 6) is -0.00394. The third-order valence-corrected chi connectivity index (χ3v) is 3.92.